The topological polar surface area (TPSA) is 32.8 Å². The number of hydrogen-bond donors (Lipinski definition) is 1. The molecule has 1 rings (SSSR count). The summed E-state index contributed by atoms with van der Waals surface area (Å²) in [5.41, 5.74) is -0.186. The molecule has 0 amide bonds. The van der Waals surface area contributed by atoms with Gasteiger partial charge in [0.25, 0.3) is 0 Å². The van der Waals surface area contributed by atoms with Crippen molar-refractivity contribution in [1.82, 2.24) is 0 Å². The summed E-state index contributed by atoms with van der Waals surface area (Å²) in [4.78, 5) is 0. The van der Waals surface area contributed by atoms with Gasteiger partial charge in [-0.2, -0.15) is 0 Å². The monoisotopic (exact) mass is 116 g/mol. The highest BCUT2D eigenvalue weighted by Crippen LogP contribution is 2.37. The van der Waals surface area contributed by atoms with Gasteiger partial charge in [0.05, 0.1) is 12.7 Å². The molecule has 0 spiro atoms. The molecule has 0 saturated carbocycles. The highest BCUT2D eigenvalue weighted by molar-refractivity contribution is 4.97. The Hall–Kier alpha value is -0.0800. The molecule has 1 aliphatic rings. The van der Waals surface area contributed by atoms with Gasteiger partial charge in [-0.15, -0.1) is 0 Å². The van der Waals surface area contributed by atoms with Crippen molar-refractivity contribution in [3.8, 4) is 0 Å². The lowest BCUT2D eigenvalue weighted by molar-refractivity contribution is 0.184. The second kappa shape index (κ2) is 1.71. The molecule has 0 aromatic heterocycles. The zero-order chi connectivity index (χ0) is 6.20. The third-order valence-corrected chi connectivity index (χ3v) is 1.72. The molecule has 2 nitrogen and oxygen atoms in total. The maximum absolute atomic E-state index is 8.64. The number of epoxide rings is 1. The van der Waals surface area contributed by atoms with E-state index < -0.39 is 0 Å². The maximum Gasteiger partial charge on any atom is 0.115 e. The van der Waals surface area contributed by atoms with Gasteiger partial charge in [-0.05, 0) is 13.3 Å². The van der Waals surface area contributed by atoms with Crippen LogP contribution in [-0.4, -0.2) is 23.4 Å². The van der Waals surface area contributed by atoms with E-state index in [1.54, 1.807) is 0 Å². The summed E-state index contributed by atoms with van der Waals surface area (Å²) in [6.45, 7) is 4.15. The second-order valence-corrected chi connectivity index (χ2v) is 2.49. The van der Waals surface area contributed by atoms with Crippen LogP contribution in [0, 0.1) is 0 Å². The highest BCUT2D eigenvalue weighted by atomic mass is 16.6. The van der Waals surface area contributed by atoms with Crippen molar-refractivity contribution in [2.75, 3.05) is 6.61 Å². The lowest BCUT2D eigenvalue weighted by Gasteiger charge is -1.95. The van der Waals surface area contributed by atoms with Crippen molar-refractivity contribution in [3.05, 3.63) is 0 Å². The van der Waals surface area contributed by atoms with E-state index in [0.717, 1.165) is 6.42 Å². The number of rotatable bonds is 2. The fourth-order valence-electron chi connectivity index (χ4n) is 0.945. The summed E-state index contributed by atoms with van der Waals surface area (Å²) in [6, 6.07) is 0. The lowest BCUT2D eigenvalue weighted by atomic mass is 10.1. The first-order chi connectivity index (χ1) is 3.73. The van der Waals surface area contributed by atoms with Crippen LogP contribution in [0.25, 0.3) is 0 Å². The van der Waals surface area contributed by atoms with Crippen LogP contribution >= 0.6 is 0 Å². The molecule has 0 aromatic carbocycles. The SMILES string of the molecule is CCC1O[C@@]1(C)CO. The maximum atomic E-state index is 8.64. The van der Waals surface area contributed by atoms with Gasteiger partial charge in [0.1, 0.15) is 5.60 Å². The van der Waals surface area contributed by atoms with Crippen molar-refractivity contribution in [1.29, 1.82) is 0 Å². The molecule has 1 unspecified atom stereocenters. The summed E-state index contributed by atoms with van der Waals surface area (Å²) in [7, 11) is 0. The number of aliphatic hydroxyl groups is 1. The Kier molecular flexibility index (Phi) is 1.29. The molecule has 0 aromatic rings. The minimum Gasteiger partial charge on any atom is -0.393 e. The third-order valence-electron chi connectivity index (χ3n) is 1.72. The van der Waals surface area contributed by atoms with Crippen LogP contribution in [-0.2, 0) is 4.74 Å². The smallest absolute Gasteiger partial charge is 0.115 e. The molecular weight excluding hydrogens is 104 g/mol. The number of hydrogen-bond acceptors (Lipinski definition) is 2. The largest absolute Gasteiger partial charge is 0.393 e. The molecule has 0 radical (unpaired) electrons. The zero-order valence-corrected chi connectivity index (χ0v) is 5.35. The summed E-state index contributed by atoms with van der Waals surface area (Å²) < 4.78 is 5.15. The quantitative estimate of drug-likeness (QED) is 0.534. The van der Waals surface area contributed by atoms with Crippen LogP contribution in [0.15, 0.2) is 0 Å². The highest BCUT2D eigenvalue weighted by Gasteiger charge is 2.50. The minimum atomic E-state index is -0.186. The Morgan fingerprint density at radius 1 is 1.75 bits per heavy atom. The Bertz CT molecular complexity index is 92.5. The van der Waals surface area contributed by atoms with Crippen LogP contribution in [0.3, 0.4) is 0 Å². The van der Waals surface area contributed by atoms with E-state index in [1.807, 2.05) is 6.92 Å². The molecule has 1 saturated heterocycles. The van der Waals surface area contributed by atoms with E-state index in [2.05, 4.69) is 6.92 Å². The Balaban J connectivity index is 2.31. The van der Waals surface area contributed by atoms with Crippen molar-refractivity contribution in [2.24, 2.45) is 0 Å². The summed E-state index contributed by atoms with van der Waals surface area (Å²) in [5, 5.41) is 8.64. The third kappa shape index (κ3) is 0.740. The predicted octanol–water partition coefficient (Wildman–Crippen LogP) is 0.546. The average molecular weight is 116 g/mol. The first kappa shape index (κ1) is 6.05. The van der Waals surface area contributed by atoms with Gasteiger partial charge in [0.2, 0.25) is 0 Å². The Morgan fingerprint density at radius 3 is 2.50 bits per heavy atom. The van der Waals surface area contributed by atoms with E-state index in [0.29, 0.717) is 6.10 Å². The van der Waals surface area contributed by atoms with Gasteiger partial charge in [-0.3, -0.25) is 0 Å². The Labute approximate surface area is 49.5 Å². The lowest BCUT2D eigenvalue weighted by Crippen LogP contribution is -2.14. The zero-order valence-electron chi connectivity index (χ0n) is 5.35. The fourth-order valence-corrected chi connectivity index (χ4v) is 0.945. The van der Waals surface area contributed by atoms with Crippen LogP contribution in [0.5, 0.6) is 0 Å². The van der Waals surface area contributed by atoms with Gasteiger partial charge in [-0.1, -0.05) is 6.92 Å². The molecule has 0 aliphatic carbocycles. The molecule has 1 aliphatic heterocycles. The summed E-state index contributed by atoms with van der Waals surface area (Å²) in [6.07, 6.45) is 1.32. The predicted molar refractivity (Wildman–Crippen MR) is 30.7 cm³/mol. The fraction of sp³-hybridized carbons (Fsp3) is 1.00. The van der Waals surface area contributed by atoms with Gasteiger partial charge in [0, 0.05) is 0 Å². The molecule has 1 fully saturated rings. The van der Waals surface area contributed by atoms with Crippen molar-refractivity contribution >= 4 is 0 Å². The van der Waals surface area contributed by atoms with Crippen LogP contribution in [0.1, 0.15) is 20.3 Å². The number of ether oxygens (including phenoxy) is 1. The molecule has 0 bridgehead atoms. The van der Waals surface area contributed by atoms with E-state index in [1.165, 1.54) is 0 Å². The van der Waals surface area contributed by atoms with Crippen LogP contribution in [0.2, 0.25) is 0 Å². The molecule has 1 N–H and O–H groups in total. The Morgan fingerprint density at radius 2 is 2.38 bits per heavy atom. The van der Waals surface area contributed by atoms with E-state index in [9.17, 15) is 0 Å². The van der Waals surface area contributed by atoms with Crippen molar-refractivity contribution < 1.29 is 9.84 Å². The van der Waals surface area contributed by atoms with Gasteiger partial charge < -0.3 is 9.84 Å². The molecule has 2 atom stereocenters. The van der Waals surface area contributed by atoms with Crippen molar-refractivity contribution in [2.45, 2.75) is 32.0 Å². The standard InChI is InChI=1S/C6H12O2/c1-3-5-6(2,4-7)8-5/h5,7H,3-4H2,1-2H3/t5?,6-/m0/s1. The van der Waals surface area contributed by atoms with E-state index >= 15 is 0 Å². The molecule has 2 heteroatoms. The van der Waals surface area contributed by atoms with Gasteiger partial charge in [0.15, 0.2) is 0 Å². The van der Waals surface area contributed by atoms with E-state index in [-0.39, 0.29) is 12.2 Å². The van der Waals surface area contributed by atoms with E-state index in [4.69, 9.17) is 9.84 Å². The van der Waals surface area contributed by atoms with Gasteiger partial charge in [-0.25, -0.2) is 0 Å². The minimum absolute atomic E-state index is 0.158. The first-order valence-electron chi connectivity index (χ1n) is 3.01. The van der Waals surface area contributed by atoms with Crippen molar-refractivity contribution in [3.63, 3.8) is 0 Å². The average Bonchev–Trinajstić information content (AvgIpc) is 2.44. The molecule has 48 valence electrons. The van der Waals surface area contributed by atoms with Gasteiger partial charge >= 0.3 is 0 Å². The second-order valence-electron chi connectivity index (χ2n) is 2.49. The molecule has 1 heterocycles. The normalized spacial score (nSPS) is 44.6. The summed E-state index contributed by atoms with van der Waals surface area (Å²) >= 11 is 0. The molecule has 8 heavy (non-hydrogen) atoms. The van der Waals surface area contributed by atoms with Crippen LogP contribution in [0.4, 0.5) is 0 Å². The molecular formula is C6H12O2. The summed E-state index contributed by atoms with van der Waals surface area (Å²) in [5.74, 6) is 0. The first-order valence-corrected chi connectivity index (χ1v) is 3.01. The number of aliphatic hydroxyl groups excluding tert-OH is 1. The van der Waals surface area contributed by atoms with Crippen LogP contribution < -0.4 is 0 Å².